The summed E-state index contributed by atoms with van der Waals surface area (Å²) in [5.41, 5.74) is 0. The maximum Gasteiger partial charge on any atom is 0.224 e. The lowest BCUT2D eigenvalue weighted by atomic mass is 10.3. The Morgan fingerprint density at radius 1 is 1.35 bits per heavy atom. The molecule has 0 amide bonds. The number of unbranched alkanes of at least 4 members (excludes halogenated alkanes) is 1. The number of hydrogen-bond donors (Lipinski definition) is 2. The van der Waals surface area contributed by atoms with Gasteiger partial charge in [-0.05, 0) is 47.7 Å². The van der Waals surface area contributed by atoms with E-state index in [1.54, 1.807) is 6.20 Å². The van der Waals surface area contributed by atoms with Crippen molar-refractivity contribution in [2.75, 3.05) is 35.7 Å². The second-order valence-corrected chi connectivity index (χ2v) is 5.39. The zero-order valence-electron chi connectivity index (χ0n) is 10.3. The van der Waals surface area contributed by atoms with Gasteiger partial charge in [0.05, 0.1) is 4.47 Å². The second kappa shape index (κ2) is 8.58. The molecule has 0 saturated heterocycles. The Morgan fingerprint density at radius 2 is 2.18 bits per heavy atom. The molecule has 4 nitrogen and oxygen atoms in total. The third-order valence-electron chi connectivity index (χ3n) is 2.15. The van der Waals surface area contributed by atoms with Crippen LogP contribution in [0.5, 0.6) is 0 Å². The zero-order chi connectivity index (χ0) is 12.5. The number of thioether (sulfide) groups is 1. The van der Waals surface area contributed by atoms with E-state index in [2.05, 4.69) is 42.8 Å². The molecule has 0 radical (unpaired) electrons. The summed E-state index contributed by atoms with van der Waals surface area (Å²) in [6.07, 6.45) is 6.30. The second-order valence-electron chi connectivity index (χ2n) is 3.55. The Kier molecular flexibility index (Phi) is 7.35. The highest BCUT2D eigenvalue weighted by Crippen LogP contribution is 2.20. The van der Waals surface area contributed by atoms with E-state index in [-0.39, 0.29) is 0 Å². The molecule has 0 aliphatic carbocycles. The number of halogens is 1. The maximum absolute atomic E-state index is 4.39. The fourth-order valence-electron chi connectivity index (χ4n) is 1.31. The SMILES string of the molecule is CCNc1ncc(Br)c(NCCCCSC)n1. The van der Waals surface area contributed by atoms with E-state index in [9.17, 15) is 0 Å². The fraction of sp³-hybridized carbons (Fsp3) is 0.636. The largest absolute Gasteiger partial charge is 0.369 e. The van der Waals surface area contributed by atoms with Crippen LogP contribution in [-0.2, 0) is 0 Å². The first-order valence-corrected chi connectivity index (χ1v) is 7.95. The van der Waals surface area contributed by atoms with Crippen LogP contribution in [0.4, 0.5) is 11.8 Å². The number of anilines is 2. The van der Waals surface area contributed by atoms with E-state index in [4.69, 9.17) is 0 Å². The predicted octanol–water partition coefficient (Wildman–Crippen LogP) is 3.23. The number of rotatable bonds is 8. The van der Waals surface area contributed by atoms with Crippen LogP contribution in [0.1, 0.15) is 19.8 Å². The average molecular weight is 319 g/mol. The number of aromatic nitrogens is 2. The van der Waals surface area contributed by atoms with Crippen molar-refractivity contribution in [3.05, 3.63) is 10.7 Å². The molecule has 17 heavy (non-hydrogen) atoms. The Hall–Kier alpha value is -0.490. The summed E-state index contributed by atoms with van der Waals surface area (Å²) in [7, 11) is 0. The Balaban J connectivity index is 2.42. The van der Waals surface area contributed by atoms with Gasteiger partial charge in [-0.1, -0.05) is 0 Å². The molecule has 1 rings (SSSR count). The van der Waals surface area contributed by atoms with E-state index in [0.29, 0.717) is 5.95 Å². The molecule has 0 saturated carbocycles. The summed E-state index contributed by atoms with van der Waals surface area (Å²) >= 11 is 5.33. The number of nitrogens with one attached hydrogen (secondary N) is 2. The zero-order valence-corrected chi connectivity index (χ0v) is 12.7. The molecule has 0 atom stereocenters. The van der Waals surface area contributed by atoms with Gasteiger partial charge in [0.1, 0.15) is 5.82 Å². The molecule has 2 N–H and O–H groups in total. The molecule has 0 spiro atoms. The summed E-state index contributed by atoms with van der Waals surface area (Å²) in [5.74, 6) is 2.75. The minimum Gasteiger partial charge on any atom is -0.369 e. The smallest absolute Gasteiger partial charge is 0.224 e. The molecular formula is C11H19BrN4S. The molecule has 0 bridgehead atoms. The monoisotopic (exact) mass is 318 g/mol. The number of hydrogen-bond acceptors (Lipinski definition) is 5. The van der Waals surface area contributed by atoms with E-state index < -0.39 is 0 Å². The van der Waals surface area contributed by atoms with Crippen molar-refractivity contribution >= 4 is 39.5 Å². The van der Waals surface area contributed by atoms with E-state index in [1.165, 1.54) is 12.2 Å². The minimum atomic E-state index is 0.669. The first kappa shape index (κ1) is 14.6. The van der Waals surface area contributed by atoms with Crippen molar-refractivity contribution in [2.45, 2.75) is 19.8 Å². The molecule has 0 aromatic carbocycles. The van der Waals surface area contributed by atoms with Gasteiger partial charge in [0, 0.05) is 19.3 Å². The third kappa shape index (κ3) is 5.59. The molecule has 6 heteroatoms. The normalized spacial score (nSPS) is 10.3. The highest BCUT2D eigenvalue weighted by atomic mass is 79.9. The van der Waals surface area contributed by atoms with Crippen LogP contribution in [0.25, 0.3) is 0 Å². The van der Waals surface area contributed by atoms with Crippen LogP contribution < -0.4 is 10.6 Å². The van der Waals surface area contributed by atoms with Gasteiger partial charge in [0.2, 0.25) is 5.95 Å². The van der Waals surface area contributed by atoms with Crippen LogP contribution in [0.15, 0.2) is 10.7 Å². The van der Waals surface area contributed by atoms with Gasteiger partial charge >= 0.3 is 0 Å². The van der Waals surface area contributed by atoms with Gasteiger partial charge in [-0.25, -0.2) is 4.98 Å². The summed E-state index contributed by atoms with van der Waals surface area (Å²) in [5, 5.41) is 6.42. The first-order chi connectivity index (χ1) is 8.27. The predicted molar refractivity (Wildman–Crippen MR) is 80.0 cm³/mol. The van der Waals surface area contributed by atoms with Crippen molar-refractivity contribution < 1.29 is 0 Å². The van der Waals surface area contributed by atoms with E-state index in [0.717, 1.165) is 29.8 Å². The van der Waals surface area contributed by atoms with Gasteiger partial charge in [-0.3, -0.25) is 0 Å². The van der Waals surface area contributed by atoms with Crippen molar-refractivity contribution in [2.24, 2.45) is 0 Å². The molecule has 0 aliphatic heterocycles. The molecular weight excluding hydrogens is 300 g/mol. The lowest BCUT2D eigenvalue weighted by molar-refractivity contribution is 0.838. The van der Waals surface area contributed by atoms with Crippen LogP contribution in [0.3, 0.4) is 0 Å². The van der Waals surface area contributed by atoms with E-state index in [1.807, 2.05) is 18.7 Å². The van der Waals surface area contributed by atoms with Crippen LogP contribution in [0.2, 0.25) is 0 Å². The summed E-state index contributed by atoms with van der Waals surface area (Å²) < 4.78 is 0.906. The maximum atomic E-state index is 4.39. The van der Waals surface area contributed by atoms with Crippen molar-refractivity contribution in [1.82, 2.24) is 9.97 Å². The van der Waals surface area contributed by atoms with Crippen LogP contribution in [0, 0.1) is 0 Å². The topological polar surface area (TPSA) is 49.8 Å². The molecule has 0 unspecified atom stereocenters. The van der Waals surface area contributed by atoms with Gasteiger partial charge in [-0.2, -0.15) is 16.7 Å². The molecule has 1 heterocycles. The molecule has 1 aromatic heterocycles. The van der Waals surface area contributed by atoms with Crippen LogP contribution in [-0.4, -0.2) is 35.1 Å². The van der Waals surface area contributed by atoms with E-state index >= 15 is 0 Å². The third-order valence-corrected chi connectivity index (χ3v) is 3.42. The average Bonchev–Trinajstić information content (AvgIpc) is 2.33. The highest BCUT2D eigenvalue weighted by Gasteiger charge is 2.03. The highest BCUT2D eigenvalue weighted by molar-refractivity contribution is 9.10. The van der Waals surface area contributed by atoms with Crippen molar-refractivity contribution in [1.29, 1.82) is 0 Å². The standard InChI is InChI=1S/C11H19BrN4S/c1-3-13-11-15-8-9(12)10(16-11)14-6-4-5-7-17-2/h8H,3-7H2,1-2H3,(H2,13,14,15,16). The quantitative estimate of drug-likeness (QED) is 0.721. The Morgan fingerprint density at radius 3 is 2.88 bits per heavy atom. The van der Waals surface area contributed by atoms with Crippen molar-refractivity contribution in [3.63, 3.8) is 0 Å². The van der Waals surface area contributed by atoms with Gasteiger partial charge in [-0.15, -0.1) is 0 Å². The minimum absolute atomic E-state index is 0.669. The molecule has 0 aliphatic rings. The fourth-order valence-corrected chi connectivity index (χ4v) is 2.14. The van der Waals surface area contributed by atoms with Gasteiger partial charge in [0.15, 0.2) is 0 Å². The summed E-state index contributed by atoms with van der Waals surface area (Å²) in [6.45, 7) is 3.80. The van der Waals surface area contributed by atoms with Gasteiger partial charge in [0.25, 0.3) is 0 Å². The van der Waals surface area contributed by atoms with Crippen LogP contribution >= 0.6 is 27.7 Å². The molecule has 0 fully saturated rings. The van der Waals surface area contributed by atoms with Crippen molar-refractivity contribution in [3.8, 4) is 0 Å². The molecule has 96 valence electrons. The van der Waals surface area contributed by atoms with Gasteiger partial charge < -0.3 is 10.6 Å². The Labute approximate surface area is 116 Å². The number of nitrogens with zero attached hydrogens (tertiary/aromatic N) is 2. The lowest BCUT2D eigenvalue weighted by Crippen LogP contribution is -2.08. The summed E-state index contributed by atoms with van der Waals surface area (Å²) in [4.78, 5) is 8.57. The first-order valence-electron chi connectivity index (χ1n) is 5.77. The summed E-state index contributed by atoms with van der Waals surface area (Å²) in [6, 6.07) is 0. The Bertz CT molecular complexity index is 335. The lowest BCUT2D eigenvalue weighted by Gasteiger charge is -2.09. The molecule has 1 aromatic rings.